The van der Waals surface area contributed by atoms with Gasteiger partial charge in [-0.15, -0.1) is 0 Å². The van der Waals surface area contributed by atoms with Gasteiger partial charge in [0.1, 0.15) is 5.52 Å². The third-order valence-electron chi connectivity index (χ3n) is 4.74. The van der Waals surface area contributed by atoms with E-state index in [4.69, 9.17) is 4.63 Å². The van der Waals surface area contributed by atoms with Crippen LogP contribution in [0.1, 0.15) is 11.7 Å². The van der Waals surface area contributed by atoms with E-state index >= 15 is 0 Å². The second-order valence-corrected chi connectivity index (χ2v) is 6.65. The lowest BCUT2D eigenvalue weighted by Gasteiger charge is -2.40. The van der Waals surface area contributed by atoms with Gasteiger partial charge in [-0.1, -0.05) is 18.2 Å². The molecule has 2 heterocycles. The Balaban J connectivity index is 1.74. The Hall–Kier alpha value is -2.65. The second kappa shape index (κ2) is 6.50. The maximum absolute atomic E-state index is 12.8. The van der Waals surface area contributed by atoms with Gasteiger partial charge in [-0.2, -0.15) is 13.2 Å². The smallest absolute Gasteiger partial charge is 0.396 e. The fourth-order valence-corrected chi connectivity index (χ4v) is 3.24. The van der Waals surface area contributed by atoms with Crippen molar-refractivity contribution >= 4 is 16.7 Å². The molecule has 1 unspecified atom stereocenters. The summed E-state index contributed by atoms with van der Waals surface area (Å²) in [4.78, 5) is 2.01. The zero-order valence-electron chi connectivity index (χ0n) is 14.0. The van der Waals surface area contributed by atoms with Crippen LogP contribution in [-0.4, -0.2) is 46.4 Å². The number of fused-ring (bicyclic) bond motifs is 1. The summed E-state index contributed by atoms with van der Waals surface area (Å²) in [7, 11) is 0. The minimum Gasteiger partial charge on any atom is -0.396 e. The number of nitrogens with zero attached hydrogens (tertiary/aromatic N) is 3. The highest BCUT2D eigenvalue weighted by atomic mass is 19.4. The van der Waals surface area contributed by atoms with Gasteiger partial charge < -0.3 is 15.1 Å². The summed E-state index contributed by atoms with van der Waals surface area (Å²) in [6, 6.07) is 9.16. The maximum atomic E-state index is 12.8. The van der Waals surface area contributed by atoms with Crippen molar-refractivity contribution in [1.29, 1.82) is 0 Å². The molecule has 1 aliphatic heterocycles. The molecular weight excluding hydrogens is 363 g/mol. The molecule has 6 nitrogen and oxygen atoms in total. The van der Waals surface area contributed by atoms with Crippen LogP contribution in [0.25, 0.3) is 22.2 Å². The molecule has 1 aromatic heterocycles. The van der Waals surface area contributed by atoms with Gasteiger partial charge in [-0.25, -0.2) is 4.63 Å². The van der Waals surface area contributed by atoms with Crippen LogP contribution >= 0.6 is 0 Å². The first-order valence-electron chi connectivity index (χ1n) is 8.34. The summed E-state index contributed by atoms with van der Waals surface area (Å²) < 4.78 is 43.3. The van der Waals surface area contributed by atoms with E-state index in [1.807, 2.05) is 4.90 Å². The number of aliphatic hydroxyl groups excluding tert-OH is 2. The quantitative estimate of drug-likeness (QED) is 0.725. The number of aromatic nitrogens is 2. The van der Waals surface area contributed by atoms with Crippen LogP contribution in [0.2, 0.25) is 0 Å². The van der Waals surface area contributed by atoms with E-state index in [2.05, 4.69) is 10.3 Å². The molecule has 1 saturated heterocycles. The molecule has 1 atom stereocenters. The van der Waals surface area contributed by atoms with Crippen LogP contribution in [0.15, 0.2) is 41.0 Å². The SMILES string of the molecule is OCC1CN(c2cc(-c3cccc(C(O)C(F)(F)F)c3)cc3nonc23)C1. The first kappa shape index (κ1) is 17.7. The number of halogens is 3. The number of aliphatic hydroxyl groups is 2. The third-order valence-corrected chi connectivity index (χ3v) is 4.74. The Morgan fingerprint density at radius 1 is 1.15 bits per heavy atom. The molecule has 0 radical (unpaired) electrons. The fourth-order valence-electron chi connectivity index (χ4n) is 3.24. The molecule has 3 aromatic rings. The molecule has 1 aliphatic rings. The van der Waals surface area contributed by atoms with E-state index in [1.165, 1.54) is 18.2 Å². The molecule has 2 N–H and O–H groups in total. The Labute approximate surface area is 151 Å². The van der Waals surface area contributed by atoms with E-state index in [1.54, 1.807) is 18.2 Å². The summed E-state index contributed by atoms with van der Waals surface area (Å²) in [5.74, 6) is 0.175. The standard InChI is InChI=1S/C18H16F3N3O3/c19-18(20,21)17(26)12-3-1-2-11(4-12)13-5-14-16(23-27-22-14)15(6-13)24-7-10(8-24)9-25/h1-6,10,17,25-26H,7-9H2. The lowest BCUT2D eigenvalue weighted by molar-refractivity contribution is -0.206. The lowest BCUT2D eigenvalue weighted by Crippen LogP contribution is -2.48. The largest absolute Gasteiger partial charge is 0.418 e. The normalized spacial score (nSPS) is 16.6. The van der Waals surface area contributed by atoms with Gasteiger partial charge in [0.15, 0.2) is 11.6 Å². The monoisotopic (exact) mass is 379 g/mol. The van der Waals surface area contributed by atoms with E-state index in [0.29, 0.717) is 35.2 Å². The molecule has 0 amide bonds. The van der Waals surface area contributed by atoms with Gasteiger partial charge in [-0.05, 0) is 45.2 Å². The molecule has 142 valence electrons. The number of benzene rings is 2. The van der Waals surface area contributed by atoms with Crippen molar-refractivity contribution in [3.63, 3.8) is 0 Å². The molecule has 9 heteroatoms. The minimum atomic E-state index is -4.74. The van der Waals surface area contributed by atoms with Gasteiger partial charge in [0.25, 0.3) is 0 Å². The molecule has 4 rings (SSSR count). The Morgan fingerprint density at radius 2 is 1.93 bits per heavy atom. The van der Waals surface area contributed by atoms with Crippen LogP contribution in [0.5, 0.6) is 0 Å². The van der Waals surface area contributed by atoms with Crippen molar-refractivity contribution in [1.82, 2.24) is 10.3 Å². The number of rotatable bonds is 4. The summed E-state index contributed by atoms with van der Waals surface area (Å²) >= 11 is 0. The second-order valence-electron chi connectivity index (χ2n) is 6.65. The summed E-state index contributed by atoms with van der Waals surface area (Å²) in [5, 5.41) is 26.5. The molecule has 27 heavy (non-hydrogen) atoms. The highest BCUT2D eigenvalue weighted by Gasteiger charge is 2.39. The van der Waals surface area contributed by atoms with E-state index in [0.717, 1.165) is 5.69 Å². The average Bonchev–Trinajstić information content (AvgIpc) is 3.08. The predicted octanol–water partition coefficient (Wildman–Crippen LogP) is 2.91. The van der Waals surface area contributed by atoms with Gasteiger partial charge in [0, 0.05) is 25.6 Å². The molecule has 0 bridgehead atoms. The van der Waals surface area contributed by atoms with Crippen molar-refractivity contribution in [3.8, 4) is 11.1 Å². The van der Waals surface area contributed by atoms with Crippen LogP contribution < -0.4 is 4.90 Å². The molecule has 2 aromatic carbocycles. The highest BCUT2D eigenvalue weighted by Crippen LogP contribution is 2.37. The number of hydrogen-bond acceptors (Lipinski definition) is 6. The number of anilines is 1. The van der Waals surface area contributed by atoms with Crippen LogP contribution in [0, 0.1) is 5.92 Å². The van der Waals surface area contributed by atoms with E-state index in [-0.39, 0.29) is 18.1 Å². The Morgan fingerprint density at radius 3 is 2.63 bits per heavy atom. The van der Waals surface area contributed by atoms with Crippen LogP contribution in [-0.2, 0) is 0 Å². The Kier molecular flexibility index (Phi) is 4.27. The van der Waals surface area contributed by atoms with Crippen molar-refractivity contribution in [2.45, 2.75) is 12.3 Å². The zero-order valence-corrected chi connectivity index (χ0v) is 14.0. The predicted molar refractivity (Wildman–Crippen MR) is 91.0 cm³/mol. The van der Waals surface area contributed by atoms with E-state index in [9.17, 15) is 23.4 Å². The van der Waals surface area contributed by atoms with Crippen molar-refractivity contribution in [2.75, 3.05) is 24.6 Å². The average molecular weight is 379 g/mol. The fraction of sp³-hybridized carbons (Fsp3) is 0.333. The summed E-state index contributed by atoms with van der Waals surface area (Å²) in [5.41, 5.74) is 2.70. The number of hydrogen-bond donors (Lipinski definition) is 2. The van der Waals surface area contributed by atoms with Crippen LogP contribution in [0.4, 0.5) is 18.9 Å². The Bertz CT molecular complexity index is 967. The maximum Gasteiger partial charge on any atom is 0.418 e. The van der Waals surface area contributed by atoms with Gasteiger partial charge in [-0.3, -0.25) is 0 Å². The summed E-state index contributed by atoms with van der Waals surface area (Å²) in [6.45, 7) is 1.39. The number of alkyl halides is 3. The van der Waals surface area contributed by atoms with Gasteiger partial charge in [0.2, 0.25) is 0 Å². The van der Waals surface area contributed by atoms with Crippen molar-refractivity contribution < 1.29 is 28.0 Å². The highest BCUT2D eigenvalue weighted by molar-refractivity contribution is 5.93. The van der Waals surface area contributed by atoms with Gasteiger partial charge in [0.05, 0.1) is 5.69 Å². The molecule has 0 saturated carbocycles. The van der Waals surface area contributed by atoms with Crippen LogP contribution in [0.3, 0.4) is 0 Å². The lowest BCUT2D eigenvalue weighted by atomic mass is 9.96. The minimum absolute atomic E-state index is 0.0910. The third kappa shape index (κ3) is 3.24. The van der Waals surface area contributed by atoms with Crippen molar-refractivity contribution in [2.24, 2.45) is 5.92 Å². The molecule has 0 aliphatic carbocycles. The van der Waals surface area contributed by atoms with Crippen molar-refractivity contribution in [3.05, 3.63) is 42.0 Å². The molecule has 1 fully saturated rings. The molecule has 0 spiro atoms. The van der Waals surface area contributed by atoms with Gasteiger partial charge >= 0.3 is 6.18 Å². The first-order chi connectivity index (χ1) is 12.9. The zero-order chi connectivity index (χ0) is 19.2. The summed E-state index contributed by atoms with van der Waals surface area (Å²) in [6.07, 6.45) is -7.28. The first-order valence-corrected chi connectivity index (χ1v) is 8.34. The molecular formula is C18H16F3N3O3. The van der Waals surface area contributed by atoms with E-state index < -0.39 is 12.3 Å². The topological polar surface area (TPSA) is 82.6 Å².